The second-order valence-corrected chi connectivity index (χ2v) is 6.23. The number of nitrogens with one attached hydrogen (secondary N) is 1. The highest BCUT2D eigenvalue weighted by Crippen LogP contribution is 2.09. The molecule has 0 saturated carbocycles. The van der Waals surface area contributed by atoms with Crippen molar-refractivity contribution in [2.24, 2.45) is 5.73 Å². The van der Waals surface area contributed by atoms with Crippen molar-refractivity contribution in [1.29, 1.82) is 0 Å². The van der Waals surface area contributed by atoms with Crippen molar-refractivity contribution in [3.63, 3.8) is 0 Å². The van der Waals surface area contributed by atoms with Crippen molar-refractivity contribution in [1.82, 2.24) is 15.3 Å². The van der Waals surface area contributed by atoms with Gasteiger partial charge in [0.1, 0.15) is 0 Å². The summed E-state index contributed by atoms with van der Waals surface area (Å²) in [7, 11) is 0. The predicted molar refractivity (Wildman–Crippen MR) is 95.3 cm³/mol. The van der Waals surface area contributed by atoms with Crippen LogP contribution in [0.15, 0.2) is 42.7 Å². The summed E-state index contributed by atoms with van der Waals surface area (Å²) >= 11 is 0. The Kier molecular flexibility index (Phi) is 7.17. The van der Waals surface area contributed by atoms with E-state index in [1.54, 1.807) is 0 Å². The number of nitrogens with two attached hydrogens (primary N) is 1. The molecule has 23 heavy (non-hydrogen) atoms. The standard InChI is InChI=1S/C19H28N4/c1-15-6-5-12-23-19(15)14-17(20)9-8-16(2)21-13-10-18-7-3-4-11-22-18/h3-7,11-12,16-17,21H,8-10,13-14,20H2,1-2H3. The summed E-state index contributed by atoms with van der Waals surface area (Å²) in [5, 5.41) is 3.55. The number of nitrogens with zero attached hydrogens (tertiary/aromatic N) is 2. The quantitative estimate of drug-likeness (QED) is 0.747. The Bertz CT molecular complexity index is 571. The highest BCUT2D eigenvalue weighted by atomic mass is 14.9. The lowest BCUT2D eigenvalue weighted by Gasteiger charge is -2.17. The summed E-state index contributed by atoms with van der Waals surface area (Å²) < 4.78 is 0. The van der Waals surface area contributed by atoms with E-state index in [0.717, 1.165) is 43.6 Å². The van der Waals surface area contributed by atoms with Gasteiger partial charge in [-0.2, -0.15) is 0 Å². The van der Waals surface area contributed by atoms with Gasteiger partial charge < -0.3 is 11.1 Å². The zero-order valence-electron chi connectivity index (χ0n) is 14.2. The van der Waals surface area contributed by atoms with E-state index in [2.05, 4.69) is 41.3 Å². The lowest BCUT2D eigenvalue weighted by Crippen LogP contribution is -2.31. The summed E-state index contributed by atoms with van der Waals surface area (Å²) in [6.45, 7) is 5.26. The molecular formula is C19H28N4. The van der Waals surface area contributed by atoms with Crippen molar-refractivity contribution < 1.29 is 0 Å². The Morgan fingerprint density at radius 2 is 1.91 bits per heavy atom. The van der Waals surface area contributed by atoms with Gasteiger partial charge in [-0.25, -0.2) is 0 Å². The Balaban J connectivity index is 1.64. The predicted octanol–water partition coefficient (Wildman–Crippen LogP) is 2.66. The molecule has 2 atom stereocenters. The van der Waals surface area contributed by atoms with Crippen LogP contribution in [-0.2, 0) is 12.8 Å². The number of hydrogen-bond donors (Lipinski definition) is 2. The molecule has 0 aromatic carbocycles. The Labute approximate surface area is 139 Å². The lowest BCUT2D eigenvalue weighted by atomic mass is 10.0. The Hall–Kier alpha value is -1.78. The first-order valence-electron chi connectivity index (χ1n) is 8.44. The summed E-state index contributed by atoms with van der Waals surface area (Å²) in [6, 6.07) is 10.7. The van der Waals surface area contributed by atoms with Gasteiger partial charge in [0.2, 0.25) is 0 Å². The van der Waals surface area contributed by atoms with Crippen LogP contribution < -0.4 is 11.1 Å². The molecule has 0 aliphatic rings. The van der Waals surface area contributed by atoms with Gasteiger partial charge >= 0.3 is 0 Å². The van der Waals surface area contributed by atoms with E-state index in [1.807, 2.05) is 30.6 Å². The van der Waals surface area contributed by atoms with Gasteiger partial charge in [0.25, 0.3) is 0 Å². The molecule has 2 aromatic rings. The molecule has 0 aliphatic carbocycles. The largest absolute Gasteiger partial charge is 0.327 e. The van der Waals surface area contributed by atoms with Crippen LogP contribution in [0.5, 0.6) is 0 Å². The van der Waals surface area contributed by atoms with Crippen LogP contribution in [0, 0.1) is 6.92 Å². The van der Waals surface area contributed by atoms with Gasteiger partial charge in [-0.3, -0.25) is 9.97 Å². The first-order valence-corrected chi connectivity index (χ1v) is 8.44. The van der Waals surface area contributed by atoms with Gasteiger partial charge in [-0.05, 0) is 50.5 Å². The maximum absolute atomic E-state index is 6.26. The third-order valence-corrected chi connectivity index (χ3v) is 4.14. The van der Waals surface area contributed by atoms with Crippen LogP contribution >= 0.6 is 0 Å². The second kappa shape index (κ2) is 9.38. The van der Waals surface area contributed by atoms with Crippen LogP contribution in [0.25, 0.3) is 0 Å². The van der Waals surface area contributed by atoms with Gasteiger partial charge in [-0.1, -0.05) is 12.1 Å². The smallest absolute Gasteiger partial charge is 0.0448 e. The van der Waals surface area contributed by atoms with Crippen LogP contribution in [0.2, 0.25) is 0 Å². The molecule has 2 unspecified atom stereocenters. The fourth-order valence-electron chi connectivity index (χ4n) is 2.64. The van der Waals surface area contributed by atoms with Crippen molar-refractivity contribution in [2.45, 2.75) is 51.6 Å². The summed E-state index contributed by atoms with van der Waals surface area (Å²) in [4.78, 5) is 8.76. The monoisotopic (exact) mass is 312 g/mol. The second-order valence-electron chi connectivity index (χ2n) is 6.23. The average molecular weight is 312 g/mol. The molecule has 124 valence electrons. The highest BCUT2D eigenvalue weighted by molar-refractivity contribution is 5.18. The van der Waals surface area contributed by atoms with Gasteiger partial charge in [0.15, 0.2) is 0 Å². The maximum Gasteiger partial charge on any atom is 0.0448 e. The highest BCUT2D eigenvalue weighted by Gasteiger charge is 2.09. The lowest BCUT2D eigenvalue weighted by molar-refractivity contribution is 0.465. The molecule has 0 aliphatic heterocycles. The SMILES string of the molecule is Cc1cccnc1CC(N)CCC(C)NCCc1ccccn1. The molecule has 4 nitrogen and oxygen atoms in total. The molecule has 0 spiro atoms. The number of pyridine rings is 2. The van der Waals surface area contributed by atoms with Crippen LogP contribution in [0.3, 0.4) is 0 Å². The van der Waals surface area contributed by atoms with Gasteiger partial charge in [-0.15, -0.1) is 0 Å². The minimum Gasteiger partial charge on any atom is -0.327 e. The van der Waals surface area contributed by atoms with E-state index >= 15 is 0 Å². The molecule has 0 amide bonds. The fourth-order valence-corrected chi connectivity index (χ4v) is 2.64. The topological polar surface area (TPSA) is 63.8 Å². The molecule has 0 saturated heterocycles. The minimum atomic E-state index is 0.170. The van der Waals surface area contributed by atoms with Crippen molar-refractivity contribution >= 4 is 0 Å². The third-order valence-electron chi connectivity index (χ3n) is 4.14. The number of aryl methyl sites for hydroxylation is 1. The van der Waals surface area contributed by atoms with Crippen LogP contribution in [-0.4, -0.2) is 28.6 Å². The molecule has 0 bridgehead atoms. The summed E-state index contributed by atoms with van der Waals surface area (Å²) in [6.07, 6.45) is 7.59. The first kappa shape index (κ1) is 17.6. The normalized spacial score (nSPS) is 13.7. The Morgan fingerprint density at radius 1 is 1.09 bits per heavy atom. The van der Waals surface area contributed by atoms with Crippen molar-refractivity contribution in [2.75, 3.05) is 6.54 Å². The van der Waals surface area contributed by atoms with E-state index in [4.69, 9.17) is 5.73 Å². The molecule has 2 rings (SSSR count). The van der Waals surface area contributed by atoms with E-state index in [0.29, 0.717) is 6.04 Å². The molecule has 3 N–H and O–H groups in total. The van der Waals surface area contributed by atoms with E-state index in [1.165, 1.54) is 5.56 Å². The maximum atomic E-state index is 6.26. The zero-order valence-corrected chi connectivity index (χ0v) is 14.2. The average Bonchev–Trinajstić information content (AvgIpc) is 2.56. The van der Waals surface area contributed by atoms with Crippen molar-refractivity contribution in [3.8, 4) is 0 Å². The number of rotatable bonds is 9. The molecule has 2 heterocycles. The number of aromatic nitrogens is 2. The first-order chi connectivity index (χ1) is 11.1. The molecular weight excluding hydrogens is 284 g/mol. The molecule has 0 radical (unpaired) electrons. The fraction of sp³-hybridized carbons (Fsp3) is 0.474. The van der Waals surface area contributed by atoms with Gasteiger partial charge in [0.05, 0.1) is 0 Å². The Morgan fingerprint density at radius 3 is 2.65 bits per heavy atom. The van der Waals surface area contributed by atoms with E-state index in [9.17, 15) is 0 Å². The van der Waals surface area contributed by atoms with Crippen LogP contribution in [0.4, 0.5) is 0 Å². The molecule has 4 heteroatoms. The third kappa shape index (κ3) is 6.47. The van der Waals surface area contributed by atoms with Crippen LogP contribution in [0.1, 0.15) is 36.7 Å². The number of hydrogen-bond acceptors (Lipinski definition) is 4. The molecule has 0 fully saturated rings. The van der Waals surface area contributed by atoms with E-state index in [-0.39, 0.29) is 6.04 Å². The van der Waals surface area contributed by atoms with Gasteiger partial charge in [0, 0.05) is 55.3 Å². The summed E-state index contributed by atoms with van der Waals surface area (Å²) in [5.41, 5.74) is 9.75. The minimum absolute atomic E-state index is 0.170. The van der Waals surface area contributed by atoms with Crippen molar-refractivity contribution in [3.05, 3.63) is 59.7 Å². The zero-order chi connectivity index (χ0) is 16.5. The summed E-state index contributed by atoms with van der Waals surface area (Å²) in [5.74, 6) is 0. The molecule has 2 aromatic heterocycles. The van der Waals surface area contributed by atoms with E-state index < -0.39 is 0 Å².